The van der Waals surface area contributed by atoms with Crippen LogP contribution in [0.5, 0.6) is 0 Å². The third kappa shape index (κ3) is 4.72. The quantitative estimate of drug-likeness (QED) is 0.621. The highest BCUT2D eigenvalue weighted by molar-refractivity contribution is 7.89. The summed E-state index contributed by atoms with van der Waals surface area (Å²) in [4.78, 5) is 17.2. The van der Waals surface area contributed by atoms with Crippen molar-refractivity contribution in [2.24, 2.45) is 0 Å². The van der Waals surface area contributed by atoms with Crippen LogP contribution in [0.4, 0.5) is 0 Å². The number of aromatic nitrogens is 2. The topological polar surface area (TPSA) is 105 Å². The van der Waals surface area contributed by atoms with E-state index in [-0.39, 0.29) is 23.9 Å². The van der Waals surface area contributed by atoms with E-state index in [2.05, 4.69) is 15.5 Å². The molecule has 0 radical (unpaired) electrons. The summed E-state index contributed by atoms with van der Waals surface area (Å²) in [5.41, 5.74) is 0. The summed E-state index contributed by atoms with van der Waals surface area (Å²) in [6.45, 7) is -0.344. The highest BCUT2D eigenvalue weighted by Crippen LogP contribution is 2.21. The number of rotatable bonds is 7. The van der Waals surface area contributed by atoms with Gasteiger partial charge in [0.2, 0.25) is 27.6 Å². The van der Waals surface area contributed by atoms with Crippen LogP contribution in [-0.2, 0) is 21.4 Å². The fourth-order valence-electron chi connectivity index (χ4n) is 2.14. The van der Waals surface area contributed by atoms with Crippen molar-refractivity contribution in [2.75, 3.05) is 13.6 Å². The van der Waals surface area contributed by atoms with Crippen molar-refractivity contribution in [3.05, 3.63) is 52.7 Å². The average Bonchev–Trinajstić information content (AvgIpc) is 3.31. The van der Waals surface area contributed by atoms with Crippen LogP contribution in [0.1, 0.15) is 5.89 Å². The highest BCUT2D eigenvalue weighted by Gasteiger charge is 2.23. The molecule has 0 unspecified atom stereocenters. The van der Waals surface area contributed by atoms with Crippen LogP contribution in [-0.4, -0.2) is 42.4 Å². The Hall–Kier alpha value is -2.27. The summed E-state index contributed by atoms with van der Waals surface area (Å²) < 4.78 is 30.9. The highest BCUT2D eigenvalue weighted by atomic mass is 35.5. The van der Waals surface area contributed by atoms with Crippen molar-refractivity contribution in [3.8, 4) is 10.7 Å². The van der Waals surface area contributed by atoms with Crippen molar-refractivity contribution in [2.45, 2.75) is 11.4 Å². The van der Waals surface area contributed by atoms with Gasteiger partial charge in [-0.15, -0.1) is 11.3 Å². The van der Waals surface area contributed by atoms with Crippen molar-refractivity contribution in [3.63, 3.8) is 0 Å². The van der Waals surface area contributed by atoms with E-state index in [4.69, 9.17) is 16.1 Å². The molecule has 0 aliphatic rings. The van der Waals surface area contributed by atoms with Crippen molar-refractivity contribution < 1.29 is 17.7 Å². The molecular weight excluding hydrogens is 412 g/mol. The molecule has 1 N–H and O–H groups in total. The van der Waals surface area contributed by atoms with Crippen LogP contribution in [0.3, 0.4) is 0 Å². The smallest absolute Gasteiger partial charge is 0.246 e. The predicted molar refractivity (Wildman–Crippen MR) is 101 cm³/mol. The van der Waals surface area contributed by atoms with E-state index in [0.29, 0.717) is 10.8 Å². The van der Waals surface area contributed by atoms with E-state index in [9.17, 15) is 13.2 Å². The van der Waals surface area contributed by atoms with Gasteiger partial charge in [-0.05, 0) is 35.7 Å². The zero-order chi connectivity index (χ0) is 19.4. The lowest BCUT2D eigenvalue weighted by Crippen LogP contribution is -2.38. The molecule has 0 aliphatic carbocycles. The monoisotopic (exact) mass is 426 g/mol. The number of sulfonamides is 1. The molecule has 1 amide bonds. The summed E-state index contributed by atoms with van der Waals surface area (Å²) >= 11 is 7.24. The zero-order valence-electron chi connectivity index (χ0n) is 14.1. The number of halogens is 1. The molecular formula is C16H15ClN4O4S2. The van der Waals surface area contributed by atoms with E-state index < -0.39 is 15.9 Å². The summed E-state index contributed by atoms with van der Waals surface area (Å²) in [6, 6.07) is 9.45. The molecule has 0 atom stereocenters. The standard InChI is InChI=1S/C16H15ClN4O4S2/c1-21(27(23,24)12-6-4-11(17)5-7-12)10-14(22)18-9-15-19-16(20-25-15)13-3-2-8-26-13/h2-8H,9-10H2,1H3,(H,18,22). The van der Waals surface area contributed by atoms with E-state index in [0.717, 1.165) is 9.18 Å². The largest absolute Gasteiger partial charge is 0.346 e. The van der Waals surface area contributed by atoms with Crippen LogP contribution >= 0.6 is 22.9 Å². The van der Waals surface area contributed by atoms with Gasteiger partial charge in [0, 0.05) is 12.1 Å². The third-order valence-electron chi connectivity index (χ3n) is 3.53. The number of carbonyl (C=O) groups is 1. The molecule has 27 heavy (non-hydrogen) atoms. The normalized spacial score (nSPS) is 11.7. The Bertz CT molecular complexity index is 1020. The maximum atomic E-state index is 12.5. The summed E-state index contributed by atoms with van der Waals surface area (Å²) in [6.07, 6.45) is 0. The SMILES string of the molecule is CN(CC(=O)NCc1nc(-c2cccs2)no1)S(=O)(=O)c1ccc(Cl)cc1. The lowest BCUT2D eigenvalue weighted by molar-refractivity contribution is -0.121. The minimum atomic E-state index is -3.80. The van der Waals surface area contributed by atoms with Crippen molar-refractivity contribution in [1.29, 1.82) is 0 Å². The maximum Gasteiger partial charge on any atom is 0.246 e. The van der Waals surface area contributed by atoms with Crippen LogP contribution in [0.2, 0.25) is 5.02 Å². The number of carbonyl (C=O) groups excluding carboxylic acids is 1. The minimum absolute atomic E-state index is 0.00599. The fourth-order valence-corrected chi connectivity index (χ4v) is 4.04. The van der Waals surface area contributed by atoms with Crippen LogP contribution in [0.25, 0.3) is 10.7 Å². The minimum Gasteiger partial charge on any atom is -0.346 e. The number of thiophene rings is 1. The van der Waals surface area contributed by atoms with Gasteiger partial charge in [0.1, 0.15) is 0 Å². The molecule has 3 rings (SSSR count). The molecule has 0 fully saturated rings. The van der Waals surface area contributed by atoms with Gasteiger partial charge in [-0.1, -0.05) is 22.8 Å². The summed E-state index contributed by atoms with van der Waals surface area (Å²) in [5.74, 6) is 0.178. The molecule has 8 nitrogen and oxygen atoms in total. The van der Waals surface area contributed by atoms with Crippen LogP contribution in [0.15, 0.2) is 51.2 Å². The van der Waals surface area contributed by atoms with E-state index >= 15 is 0 Å². The molecule has 0 aliphatic heterocycles. The number of benzene rings is 1. The number of hydrogen-bond acceptors (Lipinski definition) is 7. The number of hydrogen-bond donors (Lipinski definition) is 1. The van der Waals surface area contributed by atoms with Gasteiger partial charge in [0.25, 0.3) is 0 Å². The molecule has 142 valence electrons. The maximum absolute atomic E-state index is 12.5. The number of amides is 1. The first-order chi connectivity index (χ1) is 12.9. The molecule has 11 heteroatoms. The molecule has 0 saturated heterocycles. The molecule has 0 spiro atoms. The number of likely N-dealkylation sites (N-methyl/N-ethyl adjacent to an activating group) is 1. The fraction of sp³-hybridized carbons (Fsp3) is 0.188. The van der Waals surface area contributed by atoms with Gasteiger partial charge in [0.05, 0.1) is 22.9 Å². The van der Waals surface area contributed by atoms with Gasteiger partial charge < -0.3 is 9.84 Å². The Morgan fingerprint density at radius 2 is 2.04 bits per heavy atom. The van der Waals surface area contributed by atoms with Crippen LogP contribution in [0, 0.1) is 0 Å². The first kappa shape index (κ1) is 19.5. The average molecular weight is 427 g/mol. The molecule has 1 aromatic carbocycles. The second-order valence-corrected chi connectivity index (χ2v) is 8.91. The van der Waals surface area contributed by atoms with Gasteiger partial charge in [-0.2, -0.15) is 9.29 Å². The van der Waals surface area contributed by atoms with Crippen molar-refractivity contribution >= 4 is 38.9 Å². The Morgan fingerprint density at radius 3 is 2.70 bits per heavy atom. The van der Waals surface area contributed by atoms with Crippen molar-refractivity contribution in [1.82, 2.24) is 19.8 Å². The van der Waals surface area contributed by atoms with E-state index in [1.54, 1.807) is 0 Å². The zero-order valence-corrected chi connectivity index (χ0v) is 16.5. The second kappa shape index (κ2) is 8.17. The van der Waals surface area contributed by atoms with Gasteiger partial charge in [0.15, 0.2) is 0 Å². The Balaban J connectivity index is 1.56. The molecule has 0 saturated carbocycles. The van der Waals surface area contributed by atoms with Gasteiger partial charge in [-0.25, -0.2) is 8.42 Å². The Morgan fingerprint density at radius 1 is 1.30 bits per heavy atom. The van der Waals surface area contributed by atoms with E-state index in [1.165, 1.54) is 42.6 Å². The summed E-state index contributed by atoms with van der Waals surface area (Å²) in [7, 11) is -2.47. The Kier molecular flexibility index (Phi) is 5.90. The third-order valence-corrected chi connectivity index (χ3v) is 6.47. The van der Waals surface area contributed by atoms with E-state index in [1.807, 2.05) is 17.5 Å². The predicted octanol–water partition coefficient (Wildman–Crippen LogP) is 2.39. The van der Waals surface area contributed by atoms with Crippen LogP contribution < -0.4 is 5.32 Å². The number of nitrogens with one attached hydrogen (secondary N) is 1. The molecule has 3 aromatic rings. The lowest BCUT2D eigenvalue weighted by atomic mass is 10.4. The number of nitrogens with zero attached hydrogens (tertiary/aromatic N) is 3. The van der Waals surface area contributed by atoms with Gasteiger partial charge >= 0.3 is 0 Å². The summed E-state index contributed by atoms with van der Waals surface area (Å²) in [5, 5.41) is 8.72. The lowest BCUT2D eigenvalue weighted by Gasteiger charge is -2.16. The second-order valence-electron chi connectivity index (χ2n) is 5.48. The first-order valence-corrected chi connectivity index (χ1v) is 10.4. The first-order valence-electron chi connectivity index (χ1n) is 7.71. The van der Waals surface area contributed by atoms with Gasteiger partial charge in [-0.3, -0.25) is 4.79 Å². The molecule has 2 aromatic heterocycles. The Labute approximate surface area is 164 Å². The molecule has 2 heterocycles. The molecule has 0 bridgehead atoms.